The Bertz CT molecular complexity index is 610. The standard InChI is InChI=1S/C12H15F2N3O3S/c13-9-5-10(14)7-11(6-9)21(19,20)16-8-12(18)17-3-1-15-2-4-17/h5-7,15-16H,1-4,8H2. The third-order valence-electron chi connectivity index (χ3n) is 3.03. The molecule has 2 N–H and O–H groups in total. The largest absolute Gasteiger partial charge is 0.339 e. The fourth-order valence-corrected chi connectivity index (χ4v) is 2.97. The van der Waals surface area contributed by atoms with Gasteiger partial charge in [-0.3, -0.25) is 4.79 Å². The van der Waals surface area contributed by atoms with Gasteiger partial charge in [-0.25, -0.2) is 21.9 Å². The lowest BCUT2D eigenvalue weighted by molar-refractivity contribution is -0.130. The van der Waals surface area contributed by atoms with Crippen LogP contribution in [-0.2, 0) is 14.8 Å². The summed E-state index contributed by atoms with van der Waals surface area (Å²) >= 11 is 0. The number of carbonyl (C=O) groups is 1. The first-order valence-corrected chi connectivity index (χ1v) is 7.81. The lowest BCUT2D eigenvalue weighted by Crippen LogP contribution is -2.49. The molecule has 0 saturated carbocycles. The van der Waals surface area contributed by atoms with Gasteiger partial charge in [0.1, 0.15) is 11.6 Å². The van der Waals surface area contributed by atoms with Gasteiger partial charge in [0.15, 0.2) is 0 Å². The van der Waals surface area contributed by atoms with Crippen LogP contribution in [0.4, 0.5) is 8.78 Å². The Labute approximate surface area is 121 Å². The Hall–Kier alpha value is -1.58. The molecule has 6 nitrogen and oxygen atoms in total. The van der Waals surface area contributed by atoms with E-state index in [-0.39, 0.29) is 5.91 Å². The lowest BCUT2D eigenvalue weighted by Gasteiger charge is -2.27. The first-order chi connectivity index (χ1) is 9.88. The Morgan fingerprint density at radius 3 is 2.33 bits per heavy atom. The molecule has 116 valence electrons. The second-order valence-electron chi connectivity index (χ2n) is 4.56. The van der Waals surface area contributed by atoms with E-state index >= 15 is 0 Å². The van der Waals surface area contributed by atoms with Crippen molar-refractivity contribution >= 4 is 15.9 Å². The SMILES string of the molecule is O=C(CNS(=O)(=O)c1cc(F)cc(F)c1)N1CCNCC1. The van der Waals surface area contributed by atoms with Crippen molar-refractivity contribution in [3.05, 3.63) is 29.8 Å². The van der Waals surface area contributed by atoms with Crippen molar-refractivity contribution in [2.75, 3.05) is 32.7 Å². The number of carbonyl (C=O) groups excluding carboxylic acids is 1. The topological polar surface area (TPSA) is 78.5 Å². The summed E-state index contributed by atoms with van der Waals surface area (Å²) in [6.07, 6.45) is 0. The molecule has 1 heterocycles. The summed E-state index contributed by atoms with van der Waals surface area (Å²) in [6.45, 7) is 1.84. The summed E-state index contributed by atoms with van der Waals surface area (Å²) in [6, 6.07) is 1.96. The molecule has 0 spiro atoms. The zero-order chi connectivity index (χ0) is 15.5. The number of benzene rings is 1. The quantitative estimate of drug-likeness (QED) is 0.797. The molecule has 1 saturated heterocycles. The summed E-state index contributed by atoms with van der Waals surface area (Å²) in [4.78, 5) is 12.8. The van der Waals surface area contributed by atoms with Crippen molar-refractivity contribution in [1.82, 2.24) is 14.9 Å². The van der Waals surface area contributed by atoms with Crippen LogP contribution in [0.15, 0.2) is 23.1 Å². The minimum atomic E-state index is -4.13. The van der Waals surface area contributed by atoms with Gasteiger partial charge in [0, 0.05) is 32.2 Å². The fraction of sp³-hybridized carbons (Fsp3) is 0.417. The van der Waals surface area contributed by atoms with Crippen LogP contribution in [-0.4, -0.2) is 51.9 Å². The smallest absolute Gasteiger partial charge is 0.241 e. The van der Waals surface area contributed by atoms with Gasteiger partial charge in [0.05, 0.1) is 11.4 Å². The average molecular weight is 319 g/mol. The fourth-order valence-electron chi connectivity index (χ4n) is 1.95. The Kier molecular flexibility index (Phi) is 4.86. The summed E-state index contributed by atoms with van der Waals surface area (Å²) in [5.74, 6) is -2.37. The molecular formula is C12H15F2N3O3S. The Morgan fingerprint density at radius 1 is 1.19 bits per heavy atom. The van der Waals surface area contributed by atoms with Crippen LogP contribution in [0.1, 0.15) is 0 Å². The summed E-state index contributed by atoms with van der Waals surface area (Å²) in [7, 11) is -4.13. The van der Waals surface area contributed by atoms with Gasteiger partial charge < -0.3 is 10.2 Å². The number of sulfonamides is 1. The summed E-state index contributed by atoms with van der Waals surface area (Å²) < 4.78 is 51.9. The third kappa shape index (κ3) is 4.19. The first kappa shape index (κ1) is 15.8. The minimum absolute atomic E-state index is 0.378. The molecule has 9 heteroatoms. The molecule has 1 aliphatic heterocycles. The summed E-state index contributed by atoms with van der Waals surface area (Å²) in [5.41, 5.74) is 0. The van der Waals surface area contributed by atoms with Crippen molar-refractivity contribution < 1.29 is 22.0 Å². The molecule has 1 aromatic rings. The molecule has 0 atom stereocenters. The van der Waals surface area contributed by atoms with E-state index in [1.54, 1.807) is 0 Å². The van der Waals surface area contributed by atoms with Gasteiger partial charge in [-0.05, 0) is 12.1 Å². The van der Waals surface area contributed by atoms with E-state index in [2.05, 4.69) is 10.0 Å². The number of hydrogen-bond acceptors (Lipinski definition) is 4. The molecule has 1 aromatic carbocycles. The van der Waals surface area contributed by atoms with Crippen LogP contribution in [0.3, 0.4) is 0 Å². The van der Waals surface area contributed by atoms with Crippen molar-refractivity contribution in [2.45, 2.75) is 4.90 Å². The average Bonchev–Trinajstić information content (AvgIpc) is 2.45. The van der Waals surface area contributed by atoms with Crippen molar-refractivity contribution in [3.8, 4) is 0 Å². The highest BCUT2D eigenvalue weighted by molar-refractivity contribution is 7.89. The molecular weight excluding hydrogens is 304 g/mol. The third-order valence-corrected chi connectivity index (χ3v) is 4.41. The maximum Gasteiger partial charge on any atom is 0.241 e. The van der Waals surface area contributed by atoms with Crippen LogP contribution in [0, 0.1) is 11.6 Å². The van der Waals surface area contributed by atoms with Gasteiger partial charge in [-0.2, -0.15) is 0 Å². The zero-order valence-electron chi connectivity index (χ0n) is 11.1. The molecule has 0 radical (unpaired) electrons. The highest BCUT2D eigenvalue weighted by Crippen LogP contribution is 2.13. The van der Waals surface area contributed by atoms with E-state index in [4.69, 9.17) is 0 Å². The van der Waals surface area contributed by atoms with E-state index in [9.17, 15) is 22.0 Å². The maximum absolute atomic E-state index is 13.0. The zero-order valence-corrected chi connectivity index (χ0v) is 11.9. The van der Waals surface area contributed by atoms with E-state index in [1.165, 1.54) is 4.90 Å². The van der Waals surface area contributed by atoms with Crippen molar-refractivity contribution in [3.63, 3.8) is 0 Å². The van der Waals surface area contributed by atoms with Crippen molar-refractivity contribution in [2.24, 2.45) is 0 Å². The van der Waals surface area contributed by atoms with Gasteiger partial charge in [-0.1, -0.05) is 0 Å². The number of amides is 1. The maximum atomic E-state index is 13.0. The van der Waals surface area contributed by atoms with Gasteiger partial charge in [0.25, 0.3) is 0 Å². The number of piperazine rings is 1. The van der Waals surface area contributed by atoms with E-state index in [1.807, 2.05) is 0 Å². The molecule has 0 unspecified atom stereocenters. The highest BCUT2D eigenvalue weighted by atomic mass is 32.2. The predicted molar refractivity (Wildman–Crippen MR) is 71.0 cm³/mol. The normalized spacial score (nSPS) is 16.0. The lowest BCUT2D eigenvalue weighted by atomic mass is 10.3. The van der Waals surface area contributed by atoms with E-state index in [0.717, 1.165) is 0 Å². The second kappa shape index (κ2) is 6.46. The number of hydrogen-bond donors (Lipinski definition) is 2. The number of nitrogens with zero attached hydrogens (tertiary/aromatic N) is 1. The van der Waals surface area contributed by atoms with Crippen molar-refractivity contribution in [1.29, 1.82) is 0 Å². The van der Waals surface area contributed by atoms with Crippen LogP contribution < -0.4 is 10.0 Å². The molecule has 1 aliphatic rings. The van der Waals surface area contributed by atoms with Crippen LogP contribution in [0.2, 0.25) is 0 Å². The number of nitrogens with one attached hydrogen (secondary N) is 2. The summed E-state index contributed by atoms with van der Waals surface area (Å²) in [5, 5.41) is 3.06. The van der Waals surface area contributed by atoms with Crippen LogP contribution in [0.5, 0.6) is 0 Å². The number of rotatable bonds is 4. The molecule has 0 aliphatic carbocycles. The monoisotopic (exact) mass is 319 g/mol. The second-order valence-corrected chi connectivity index (χ2v) is 6.33. The van der Waals surface area contributed by atoms with Gasteiger partial charge in [0.2, 0.25) is 15.9 Å². The molecule has 2 rings (SSSR count). The molecule has 21 heavy (non-hydrogen) atoms. The Balaban J connectivity index is 2.02. The highest BCUT2D eigenvalue weighted by Gasteiger charge is 2.21. The van der Waals surface area contributed by atoms with Gasteiger partial charge >= 0.3 is 0 Å². The van der Waals surface area contributed by atoms with Crippen LogP contribution >= 0.6 is 0 Å². The van der Waals surface area contributed by atoms with Gasteiger partial charge in [-0.15, -0.1) is 0 Å². The molecule has 0 bridgehead atoms. The van der Waals surface area contributed by atoms with E-state index < -0.39 is 33.1 Å². The van der Waals surface area contributed by atoms with Crippen LogP contribution in [0.25, 0.3) is 0 Å². The Morgan fingerprint density at radius 2 is 1.76 bits per heavy atom. The predicted octanol–water partition coefficient (Wildman–Crippen LogP) is -0.325. The molecule has 1 fully saturated rings. The molecule has 0 aromatic heterocycles. The van der Waals surface area contributed by atoms with E-state index in [0.29, 0.717) is 44.4 Å². The number of halogens is 2. The minimum Gasteiger partial charge on any atom is -0.339 e. The molecule has 1 amide bonds. The first-order valence-electron chi connectivity index (χ1n) is 6.33.